The van der Waals surface area contributed by atoms with Crippen LogP contribution in [-0.4, -0.2) is 54.2 Å². The maximum Gasteiger partial charge on any atom is 0.328 e. The minimum absolute atomic E-state index is 0.558. The fraction of sp³-hybridized carbons (Fsp3) is 0.217. The second-order valence-electron chi connectivity index (χ2n) is 6.77. The molecule has 3 rings (SSSR count). The first-order chi connectivity index (χ1) is 13.9. The van der Waals surface area contributed by atoms with Gasteiger partial charge in [0.1, 0.15) is 0 Å². The molecule has 0 saturated carbocycles. The average Bonchev–Trinajstić information content (AvgIpc) is 2.84. The number of carboxylic acids is 2. The van der Waals surface area contributed by atoms with Gasteiger partial charge in [-0.05, 0) is 50.3 Å². The van der Waals surface area contributed by atoms with Crippen molar-refractivity contribution in [2.75, 3.05) is 32.1 Å². The topological polar surface area (TPSA) is 81.1 Å². The summed E-state index contributed by atoms with van der Waals surface area (Å²) in [6.07, 6.45) is 6.71. The van der Waals surface area contributed by atoms with Crippen LogP contribution in [-0.2, 0) is 9.59 Å². The molecule has 0 unspecified atom stereocenters. The predicted molar refractivity (Wildman–Crippen MR) is 116 cm³/mol. The van der Waals surface area contributed by atoms with E-state index in [1.807, 2.05) is 0 Å². The Bertz CT molecular complexity index is 838. The highest BCUT2D eigenvalue weighted by Crippen LogP contribution is 2.36. The lowest BCUT2D eigenvalue weighted by Gasteiger charge is -2.27. The zero-order valence-electron chi connectivity index (χ0n) is 16.7. The molecule has 1 aliphatic rings. The smallest absolute Gasteiger partial charge is 0.328 e. The Morgan fingerprint density at radius 2 is 1.31 bits per heavy atom. The molecule has 152 valence electrons. The Balaban J connectivity index is 0.000000321. The number of nitrogens with zero attached hydrogens (tertiary/aromatic N) is 2. The SMILES string of the molecule is CN(C)CCCN1c2ccccc2C=Cc2ccccc21.O=C(O)/C=C/C(=O)O. The van der Waals surface area contributed by atoms with Crippen molar-refractivity contribution in [1.29, 1.82) is 0 Å². The van der Waals surface area contributed by atoms with Gasteiger partial charge in [0.15, 0.2) is 0 Å². The third-order valence-electron chi connectivity index (χ3n) is 4.25. The van der Waals surface area contributed by atoms with Crippen LogP contribution in [0.25, 0.3) is 12.2 Å². The summed E-state index contributed by atoms with van der Waals surface area (Å²) in [7, 11) is 4.26. The molecule has 0 bridgehead atoms. The zero-order valence-corrected chi connectivity index (χ0v) is 16.7. The largest absolute Gasteiger partial charge is 0.478 e. The number of anilines is 2. The molecule has 0 fully saturated rings. The van der Waals surface area contributed by atoms with Crippen molar-refractivity contribution in [1.82, 2.24) is 4.90 Å². The summed E-state index contributed by atoms with van der Waals surface area (Å²) >= 11 is 0. The van der Waals surface area contributed by atoms with E-state index in [2.05, 4.69) is 84.6 Å². The summed E-state index contributed by atoms with van der Waals surface area (Å²) in [4.78, 5) is 23.8. The third kappa shape index (κ3) is 6.93. The molecule has 0 saturated heterocycles. The number of fused-ring (bicyclic) bond motifs is 2. The summed E-state index contributed by atoms with van der Waals surface area (Å²) in [5.41, 5.74) is 5.19. The maximum atomic E-state index is 9.55. The van der Waals surface area contributed by atoms with Crippen molar-refractivity contribution in [2.24, 2.45) is 0 Å². The van der Waals surface area contributed by atoms with Gasteiger partial charge in [-0.15, -0.1) is 0 Å². The highest BCUT2D eigenvalue weighted by Gasteiger charge is 2.16. The van der Waals surface area contributed by atoms with Crippen molar-refractivity contribution in [3.05, 3.63) is 71.8 Å². The monoisotopic (exact) mass is 394 g/mol. The van der Waals surface area contributed by atoms with Gasteiger partial charge < -0.3 is 20.0 Å². The minimum atomic E-state index is -1.26. The maximum absolute atomic E-state index is 9.55. The molecule has 6 nitrogen and oxygen atoms in total. The van der Waals surface area contributed by atoms with E-state index in [0.717, 1.165) is 19.5 Å². The zero-order chi connectivity index (χ0) is 21.2. The molecule has 0 atom stereocenters. The van der Waals surface area contributed by atoms with E-state index in [-0.39, 0.29) is 0 Å². The second kappa shape index (κ2) is 10.8. The first-order valence-corrected chi connectivity index (χ1v) is 9.31. The fourth-order valence-corrected chi connectivity index (χ4v) is 2.99. The molecule has 0 aromatic heterocycles. The lowest BCUT2D eigenvalue weighted by Crippen LogP contribution is -2.23. The van der Waals surface area contributed by atoms with E-state index in [1.165, 1.54) is 22.5 Å². The molecule has 2 aromatic rings. The van der Waals surface area contributed by atoms with E-state index in [9.17, 15) is 9.59 Å². The molecular weight excluding hydrogens is 368 g/mol. The van der Waals surface area contributed by atoms with Gasteiger partial charge in [0.2, 0.25) is 0 Å². The van der Waals surface area contributed by atoms with Crippen LogP contribution in [0.4, 0.5) is 11.4 Å². The van der Waals surface area contributed by atoms with Gasteiger partial charge >= 0.3 is 11.9 Å². The lowest BCUT2D eigenvalue weighted by molar-refractivity contribution is -0.134. The summed E-state index contributed by atoms with van der Waals surface area (Å²) in [6.45, 7) is 2.14. The number of hydrogen-bond donors (Lipinski definition) is 2. The molecule has 6 heteroatoms. The molecule has 0 radical (unpaired) electrons. The summed E-state index contributed by atoms with van der Waals surface area (Å²) in [5, 5.41) is 15.6. The Kier molecular flexibility index (Phi) is 8.18. The van der Waals surface area contributed by atoms with E-state index in [1.54, 1.807) is 0 Å². The van der Waals surface area contributed by atoms with Gasteiger partial charge in [-0.25, -0.2) is 9.59 Å². The molecular formula is C23H26N2O4. The normalized spacial score (nSPS) is 12.0. The van der Waals surface area contributed by atoms with Crippen molar-refractivity contribution in [3.63, 3.8) is 0 Å². The van der Waals surface area contributed by atoms with Crippen LogP contribution in [0.1, 0.15) is 17.5 Å². The van der Waals surface area contributed by atoms with E-state index in [4.69, 9.17) is 10.2 Å². The Morgan fingerprint density at radius 1 is 0.862 bits per heavy atom. The van der Waals surface area contributed by atoms with Crippen LogP contribution < -0.4 is 4.90 Å². The first-order valence-electron chi connectivity index (χ1n) is 9.31. The van der Waals surface area contributed by atoms with E-state index in [0.29, 0.717) is 12.2 Å². The van der Waals surface area contributed by atoms with E-state index >= 15 is 0 Å². The Morgan fingerprint density at radius 3 is 1.72 bits per heavy atom. The van der Waals surface area contributed by atoms with Crippen LogP contribution in [0.3, 0.4) is 0 Å². The van der Waals surface area contributed by atoms with Crippen LogP contribution in [0, 0.1) is 0 Å². The first kappa shape index (κ1) is 21.9. The number of benzene rings is 2. The van der Waals surface area contributed by atoms with Crippen molar-refractivity contribution >= 4 is 35.5 Å². The molecule has 0 amide bonds. The summed E-state index contributed by atoms with van der Waals surface area (Å²) in [5.74, 6) is -2.51. The van der Waals surface area contributed by atoms with Gasteiger partial charge in [0, 0.05) is 30.1 Å². The van der Waals surface area contributed by atoms with Crippen LogP contribution in [0.2, 0.25) is 0 Å². The lowest BCUT2D eigenvalue weighted by atomic mass is 10.1. The number of carbonyl (C=O) groups is 2. The number of aliphatic carboxylic acids is 2. The number of carboxylic acid groups (broad SMARTS) is 2. The molecule has 1 aliphatic heterocycles. The minimum Gasteiger partial charge on any atom is -0.478 e. The molecule has 0 spiro atoms. The third-order valence-corrected chi connectivity index (χ3v) is 4.25. The molecule has 0 aliphatic carbocycles. The standard InChI is InChI=1S/C19H22N2.C4H4O4/c1-20(2)14-7-15-21-18-10-5-3-8-16(18)12-13-17-9-4-6-11-19(17)21;5-3(6)1-2-4(7)8/h3-6,8-13H,7,14-15H2,1-2H3;1-2H,(H,5,6)(H,7,8)/b;2-1+. The van der Waals surface area contributed by atoms with Gasteiger partial charge in [0.25, 0.3) is 0 Å². The molecule has 2 aromatic carbocycles. The fourth-order valence-electron chi connectivity index (χ4n) is 2.99. The summed E-state index contributed by atoms with van der Waals surface area (Å²) < 4.78 is 0. The Labute approximate surface area is 171 Å². The van der Waals surface area contributed by atoms with Gasteiger partial charge in [-0.1, -0.05) is 48.6 Å². The predicted octanol–water partition coefficient (Wildman–Crippen LogP) is 3.97. The van der Waals surface area contributed by atoms with Gasteiger partial charge in [0.05, 0.1) is 0 Å². The Hall–Kier alpha value is -3.38. The summed E-state index contributed by atoms with van der Waals surface area (Å²) in [6, 6.07) is 17.3. The van der Waals surface area contributed by atoms with Crippen molar-refractivity contribution in [3.8, 4) is 0 Å². The highest BCUT2D eigenvalue weighted by molar-refractivity contribution is 5.90. The quantitative estimate of drug-likeness (QED) is 0.722. The van der Waals surface area contributed by atoms with Crippen molar-refractivity contribution in [2.45, 2.75) is 6.42 Å². The highest BCUT2D eigenvalue weighted by atomic mass is 16.4. The average molecular weight is 394 g/mol. The number of hydrogen-bond acceptors (Lipinski definition) is 4. The second-order valence-corrected chi connectivity index (χ2v) is 6.77. The number of para-hydroxylation sites is 2. The van der Waals surface area contributed by atoms with Crippen LogP contribution >= 0.6 is 0 Å². The van der Waals surface area contributed by atoms with Crippen LogP contribution in [0.5, 0.6) is 0 Å². The molecule has 1 heterocycles. The molecule has 29 heavy (non-hydrogen) atoms. The number of rotatable bonds is 6. The van der Waals surface area contributed by atoms with Crippen molar-refractivity contribution < 1.29 is 19.8 Å². The van der Waals surface area contributed by atoms with Gasteiger partial charge in [-0.3, -0.25) is 0 Å². The molecule has 2 N–H and O–H groups in total. The van der Waals surface area contributed by atoms with Crippen LogP contribution in [0.15, 0.2) is 60.7 Å². The van der Waals surface area contributed by atoms with Gasteiger partial charge in [-0.2, -0.15) is 0 Å². The van der Waals surface area contributed by atoms with E-state index < -0.39 is 11.9 Å².